The van der Waals surface area contributed by atoms with Crippen molar-refractivity contribution in [2.45, 2.75) is 46.1 Å². The first-order chi connectivity index (χ1) is 11.5. The second-order valence-electron chi connectivity index (χ2n) is 6.67. The quantitative estimate of drug-likeness (QED) is 0.893. The van der Waals surface area contributed by atoms with Gasteiger partial charge in [0.05, 0.1) is 16.7 Å². The highest BCUT2D eigenvalue weighted by atomic mass is 32.1. The summed E-state index contributed by atoms with van der Waals surface area (Å²) in [6.45, 7) is 7.11. The number of anilines is 1. The second-order valence-corrected chi connectivity index (χ2v) is 7.87. The first-order valence-electron chi connectivity index (χ1n) is 8.48. The Balaban J connectivity index is 1.75. The van der Waals surface area contributed by atoms with Gasteiger partial charge in [0.15, 0.2) is 0 Å². The molecule has 1 saturated heterocycles. The van der Waals surface area contributed by atoms with E-state index in [0.29, 0.717) is 5.92 Å². The minimum absolute atomic E-state index is 0.0250. The van der Waals surface area contributed by atoms with Gasteiger partial charge in [-0.2, -0.15) is 0 Å². The van der Waals surface area contributed by atoms with Crippen molar-refractivity contribution in [2.24, 2.45) is 5.92 Å². The van der Waals surface area contributed by atoms with Gasteiger partial charge in [-0.1, -0.05) is 13.8 Å². The molecule has 3 rings (SSSR count). The number of hydrogen-bond donors (Lipinski definition) is 1. The van der Waals surface area contributed by atoms with Crippen LogP contribution in [0, 0.1) is 12.8 Å². The Hall–Kier alpha value is -1.95. The first-order valence-corrected chi connectivity index (χ1v) is 9.30. The van der Waals surface area contributed by atoms with Crippen LogP contribution in [0.5, 0.6) is 0 Å². The summed E-state index contributed by atoms with van der Waals surface area (Å²) in [5.41, 5.74) is 2.15. The molecule has 1 N–H and O–H groups in total. The van der Waals surface area contributed by atoms with E-state index >= 15 is 0 Å². The van der Waals surface area contributed by atoms with E-state index in [1.807, 2.05) is 24.0 Å². The third-order valence-corrected chi connectivity index (χ3v) is 5.16. The topological polar surface area (TPSA) is 58.1 Å². The number of pyridine rings is 1. The fourth-order valence-electron chi connectivity index (χ4n) is 3.20. The van der Waals surface area contributed by atoms with Gasteiger partial charge >= 0.3 is 6.03 Å². The molecule has 1 fully saturated rings. The van der Waals surface area contributed by atoms with Crippen LogP contribution in [0.3, 0.4) is 0 Å². The van der Waals surface area contributed by atoms with E-state index in [1.54, 1.807) is 23.7 Å². The van der Waals surface area contributed by atoms with E-state index in [2.05, 4.69) is 29.1 Å². The minimum atomic E-state index is -0.0250. The summed E-state index contributed by atoms with van der Waals surface area (Å²) in [5, 5.41) is 4.99. The van der Waals surface area contributed by atoms with Crippen LogP contribution < -0.4 is 5.32 Å². The number of amides is 2. The van der Waals surface area contributed by atoms with Crippen molar-refractivity contribution in [3.05, 3.63) is 40.8 Å². The third kappa shape index (κ3) is 3.75. The Morgan fingerprint density at radius 2 is 2.17 bits per heavy atom. The van der Waals surface area contributed by atoms with Crippen molar-refractivity contribution in [2.75, 3.05) is 11.9 Å². The molecule has 5 nitrogen and oxygen atoms in total. The molecule has 2 aromatic rings. The summed E-state index contributed by atoms with van der Waals surface area (Å²) in [6, 6.07) is 4.10. The van der Waals surface area contributed by atoms with E-state index in [0.717, 1.165) is 47.1 Å². The summed E-state index contributed by atoms with van der Waals surface area (Å²) in [6.07, 6.45) is 6.49. The van der Waals surface area contributed by atoms with Gasteiger partial charge in [-0.25, -0.2) is 9.78 Å². The molecule has 6 heteroatoms. The average molecular weight is 344 g/mol. The molecular weight excluding hydrogens is 320 g/mol. The number of nitrogens with zero attached hydrogens (tertiary/aromatic N) is 3. The predicted molar refractivity (Wildman–Crippen MR) is 97.3 cm³/mol. The number of carbonyl (C=O) groups excluding carboxylic acids is 1. The largest absolute Gasteiger partial charge is 0.323 e. The molecule has 1 atom stereocenters. The Bertz CT molecular complexity index is 698. The first kappa shape index (κ1) is 16.9. The fourth-order valence-corrected chi connectivity index (χ4v) is 4.04. The minimum Gasteiger partial charge on any atom is -0.317 e. The van der Waals surface area contributed by atoms with Crippen LogP contribution in [0.1, 0.15) is 49.0 Å². The SMILES string of the molecule is Cc1nc(CC(C)C)c(NC(=O)N2CCC[C@@H]2c2ccncc2)s1. The molecular formula is C18H24N4OS. The van der Waals surface area contributed by atoms with Gasteiger partial charge < -0.3 is 4.90 Å². The monoisotopic (exact) mass is 344 g/mol. The number of urea groups is 1. The smallest absolute Gasteiger partial charge is 0.317 e. The lowest BCUT2D eigenvalue weighted by Gasteiger charge is -2.25. The number of carbonyl (C=O) groups is 1. The number of hydrogen-bond acceptors (Lipinski definition) is 4. The summed E-state index contributed by atoms with van der Waals surface area (Å²) in [4.78, 5) is 23.4. The van der Waals surface area contributed by atoms with Crippen molar-refractivity contribution < 1.29 is 4.79 Å². The van der Waals surface area contributed by atoms with E-state index in [1.165, 1.54) is 0 Å². The van der Waals surface area contributed by atoms with E-state index in [4.69, 9.17) is 0 Å². The summed E-state index contributed by atoms with van der Waals surface area (Å²) in [5.74, 6) is 0.513. The zero-order chi connectivity index (χ0) is 17.1. The molecule has 0 radical (unpaired) electrons. The molecule has 3 heterocycles. The highest BCUT2D eigenvalue weighted by Crippen LogP contribution is 2.33. The maximum absolute atomic E-state index is 12.8. The molecule has 2 aromatic heterocycles. The van der Waals surface area contributed by atoms with Crippen molar-refractivity contribution in [1.82, 2.24) is 14.9 Å². The highest BCUT2D eigenvalue weighted by molar-refractivity contribution is 7.16. The van der Waals surface area contributed by atoms with Crippen LogP contribution >= 0.6 is 11.3 Å². The number of nitrogens with one attached hydrogen (secondary N) is 1. The lowest BCUT2D eigenvalue weighted by atomic mass is 10.1. The van der Waals surface area contributed by atoms with E-state index in [9.17, 15) is 4.79 Å². The van der Waals surface area contributed by atoms with Gasteiger partial charge in [-0.3, -0.25) is 10.3 Å². The number of rotatable bonds is 4. The third-order valence-electron chi connectivity index (χ3n) is 4.23. The molecule has 1 aliphatic rings. The van der Waals surface area contributed by atoms with Crippen LogP contribution in [0.25, 0.3) is 0 Å². The standard InChI is InChI=1S/C18H24N4OS/c1-12(2)11-15-17(24-13(3)20-15)21-18(23)22-10-4-5-16(22)14-6-8-19-9-7-14/h6-9,12,16H,4-5,10-11H2,1-3H3,(H,21,23)/t16-/m1/s1. The highest BCUT2D eigenvalue weighted by Gasteiger charge is 2.30. The van der Waals surface area contributed by atoms with Crippen LogP contribution in [0.4, 0.5) is 9.80 Å². The Kier molecular flexibility index (Phi) is 5.14. The number of aromatic nitrogens is 2. The van der Waals surface area contributed by atoms with Gasteiger partial charge in [0, 0.05) is 18.9 Å². The molecule has 0 aromatic carbocycles. The maximum atomic E-state index is 12.8. The van der Waals surface area contributed by atoms with Gasteiger partial charge in [-0.05, 0) is 49.8 Å². The molecule has 1 aliphatic heterocycles. The molecule has 0 unspecified atom stereocenters. The summed E-state index contributed by atoms with van der Waals surface area (Å²) < 4.78 is 0. The molecule has 0 bridgehead atoms. The molecule has 0 spiro atoms. The van der Waals surface area contributed by atoms with Gasteiger partial charge in [0.2, 0.25) is 0 Å². The van der Waals surface area contributed by atoms with E-state index < -0.39 is 0 Å². The molecule has 0 saturated carbocycles. The molecule has 24 heavy (non-hydrogen) atoms. The average Bonchev–Trinajstić information content (AvgIpc) is 3.15. The Labute approximate surface area is 147 Å². The van der Waals surface area contributed by atoms with Gasteiger partial charge in [0.1, 0.15) is 5.00 Å². The fraction of sp³-hybridized carbons (Fsp3) is 0.500. The van der Waals surface area contributed by atoms with Crippen molar-refractivity contribution in [1.29, 1.82) is 0 Å². The van der Waals surface area contributed by atoms with Crippen LogP contribution in [0.2, 0.25) is 0 Å². The van der Waals surface area contributed by atoms with E-state index in [-0.39, 0.29) is 12.1 Å². The second kappa shape index (κ2) is 7.30. The predicted octanol–water partition coefficient (Wildman–Crippen LogP) is 4.41. The number of thiazole rings is 1. The lowest BCUT2D eigenvalue weighted by Crippen LogP contribution is -2.34. The summed E-state index contributed by atoms with van der Waals surface area (Å²) in [7, 11) is 0. The summed E-state index contributed by atoms with van der Waals surface area (Å²) >= 11 is 1.56. The van der Waals surface area contributed by atoms with Crippen molar-refractivity contribution in [3.63, 3.8) is 0 Å². The maximum Gasteiger partial charge on any atom is 0.323 e. The normalized spacial score (nSPS) is 17.5. The molecule has 128 valence electrons. The Morgan fingerprint density at radius 3 is 2.88 bits per heavy atom. The molecule has 2 amide bonds. The van der Waals surface area contributed by atoms with Gasteiger partial charge in [0.25, 0.3) is 0 Å². The van der Waals surface area contributed by atoms with Crippen LogP contribution in [-0.4, -0.2) is 27.4 Å². The molecule has 0 aliphatic carbocycles. The number of likely N-dealkylation sites (tertiary alicyclic amines) is 1. The zero-order valence-electron chi connectivity index (χ0n) is 14.5. The Morgan fingerprint density at radius 1 is 1.42 bits per heavy atom. The van der Waals surface area contributed by atoms with Crippen LogP contribution in [0.15, 0.2) is 24.5 Å². The number of aryl methyl sites for hydroxylation is 1. The van der Waals surface area contributed by atoms with Crippen molar-refractivity contribution >= 4 is 22.4 Å². The lowest BCUT2D eigenvalue weighted by molar-refractivity contribution is 0.207. The van der Waals surface area contributed by atoms with Crippen molar-refractivity contribution in [3.8, 4) is 0 Å². The zero-order valence-corrected chi connectivity index (χ0v) is 15.3. The van der Waals surface area contributed by atoms with Crippen LogP contribution in [-0.2, 0) is 6.42 Å². The van der Waals surface area contributed by atoms with Gasteiger partial charge in [-0.15, -0.1) is 11.3 Å².